The third-order valence-electron chi connectivity index (χ3n) is 7.39. The van der Waals surface area contributed by atoms with Crippen LogP contribution in [0.4, 0.5) is 5.69 Å². The fourth-order valence-electron chi connectivity index (χ4n) is 5.38. The summed E-state index contributed by atoms with van der Waals surface area (Å²) in [5, 5.41) is 7.09. The Kier molecular flexibility index (Phi) is 6.41. The molecule has 4 atom stereocenters. The van der Waals surface area contributed by atoms with E-state index >= 15 is 0 Å². The molecular weight excluding hydrogens is 456 g/mol. The maximum Gasteiger partial charge on any atom is 0.302 e. The number of hydrogen-bond acceptors (Lipinski definition) is 4. The van der Waals surface area contributed by atoms with Gasteiger partial charge in [0.1, 0.15) is 11.5 Å². The number of benzene rings is 1. The number of para-hydroxylation sites is 1. The average Bonchev–Trinajstić information content (AvgIpc) is 3.51. The smallest absolute Gasteiger partial charge is 0.302 e. The van der Waals surface area contributed by atoms with E-state index < -0.39 is 23.5 Å². The van der Waals surface area contributed by atoms with Crippen LogP contribution in [0.2, 0.25) is 0 Å². The van der Waals surface area contributed by atoms with Gasteiger partial charge < -0.3 is 10.2 Å². The number of nitrogens with one attached hydrogen (secondary N) is 1. The van der Waals surface area contributed by atoms with Gasteiger partial charge in [0.15, 0.2) is 0 Å². The molecule has 0 bridgehead atoms. The van der Waals surface area contributed by atoms with Crippen molar-refractivity contribution in [2.75, 3.05) is 18.9 Å². The largest absolute Gasteiger partial charge is 0.333 e. The third-order valence-corrected chi connectivity index (χ3v) is 7.39. The lowest BCUT2D eigenvalue weighted by atomic mass is 9.80. The normalized spacial score (nSPS) is 22.6. The maximum atomic E-state index is 14.1. The molecule has 1 fully saturated rings. The molecule has 9 nitrogen and oxygen atoms in total. The standard InChI is InChI=1S/C27H34N6O3/c1-17(18-14-29-31(6)15-18)23(34)32(7)21(12-26(2,3)4)24(35)33-16-27(13-22(33)28-5)19-10-8-9-11-20(19)30-25(27)36/h8-11,14-15,17,21-22H,12-13,16H2,1-4,6-7H3,(H,30,36)/t17-,21+,22+,27+/m1/s1. The van der Waals surface area contributed by atoms with Crippen molar-refractivity contribution in [1.29, 1.82) is 0 Å². The molecule has 1 aromatic heterocycles. The molecule has 36 heavy (non-hydrogen) atoms. The van der Waals surface area contributed by atoms with Gasteiger partial charge in [0.2, 0.25) is 11.8 Å². The predicted octanol–water partition coefficient (Wildman–Crippen LogP) is 3.15. The van der Waals surface area contributed by atoms with Gasteiger partial charge in [-0.3, -0.25) is 28.8 Å². The van der Waals surface area contributed by atoms with Crippen LogP contribution in [0.5, 0.6) is 0 Å². The molecule has 1 aromatic carbocycles. The molecule has 3 amide bonds. The number of rotatable bonds is 5. The molecule has 190 valence electrons. The molecule has 0 radical (unpaired) electrons. The Bertz CT molecular complexity index is 1240. The molecule has 0 aliphatic carbocycles. The summed E-state index contributed by atoms with van der Waals surface area (Å²) in [6.07, 6.45) is 3.33. The van der Waals surface area contributed by atoms with Gasteiger partial charge in [-0.25, -0.2) is 6.57 Å². The van der Waals surface area contributed by atoms with E-state index in [4.69, 9.17) is 6.57 Å². The highest BCUT2D eigenvalue weighted by Gasteiger charge is 2.59. The Morgan fingerprint density at radius 2 is 2.03 bits per heavy atom. The summed E-state index contributed by atoms with van der Waals surface area (Å²) in [7, 11) is 3.45. The van der Waals surface area contributed by atoms with Crippen LogP contribution in [0.3, 0.4) is 0 Å². The summed E-state index contributed by atoms with van der Waals surface area (Å²) in [6.45, 7) is 15.8. The first-order valence-corrected chi connectivity index (χ1v) is 12.2. The van der Waals surface area contributed by atoms with Crippen LogP contribution in [0, 0.1) is 12.0 Å². The Morgan fingerprint density at radius 3 is 2.64 bits per heavy atom. The van der Waals surface area contributed by atoms with Gasteiger partial charge in [0.05, 0.1) is 18.5 Å². The van der Waals surface area contributed by atoms with Crippen molar-refractivity contribution >= 4 is 23.4 Å². The van der Waals surface area contributed by atoms with Gasteiger partial charge in [0.25, 0.3) is 5.91 Å². The molecule has 2 aliphatic rings. The Morgan fingerprint density at radius 1 is 1.33 bits per heavy atom. The lowest BCUT2D eigenvalue weighted by Crippen LogP contribution is -2.53. The number of aryl methyl sites for hydroxylation is 1. The number of likely N-dealkylation sites (N-methyl/N-ethyl adjacent to an activating group) is 1. The van der Waals surface area contributed by atoms with E-state index in [1.807, 2.05) is 45.0 Å². The van der Waals surface area contributed by atoms with E-state index in [1.54, 1.807) is 38.1 Å². The molecule has 0 saturated carbocycles. The quantitative estimate of drug-likeness (QED) is 0.652. The summed E-state index contributed by atoms with van der Waals surface area (Å²) < 4.78 is 1.64. The van der Waals surface area contributed by atoms with E-state index in [0.717, 1.165) is 16.8 Å². The number of likely N-dealkylation sites (tertiary alicyclic amines) is 1. The first-order chi connectivity index (χ1) is 16.9. The minimum atomic E-state index is -0.959. The minimum Gasteiger partial charge on any atom is -0.333 e. The van der Waals surface area contributed by atoms with Crippen LogP contribution in [0.25, 0.3) is 4.85 Å². The first kappa shape index (κ1) is 25.4. The monoisotopic (exact) mass is 490 g/mol. The van der Waals surface area contributed by atoms with Gasteiger partial charge in [-0.2, -0.15) is 5.10 Å². The molecule has 2 aliphatic heterocycles. The van der Waals surface area contributed by atoms with Crippen LogP contribution in [-0.4, -0.2) is 63.1 Å². The Labute approximate surface area is 212 Å². The van der Waals surface area contributed by atoms with Crippen molar-refractivity contribution in [2.24, 2.45) is 12.5 Å². The van der Waals surface area contributed by atoms with Crippen LogP contribution >= 0.6 is 0 Å². The van der Waals surface area contributed by atoms with Crippen molar-refractivity contribution in [1.82, 2.24) is 19.6 Å². The van der Waals surface area contributed by atoms with E-state index in [9.17, 15) is 14.4 Å². The average molecular weight is 491 g/mol. The van der Waals surface area contributed by atoms with Crippen LogP contribution < -0.4 is 5.32 Å². The van der Waals surface area contributed by atoms with Gasteiger partial charge in [-0.15, -0.1) is 0 Å². The zero-order chi connectivity index (χ0) is 26.4. The fourth-order valence-corrected chi connectivity index (χ4v) is 5.38. The summed E-state index contributed by atoms with van der Waals surface area (Å²) in [4.78, 5) is 47.5. The van der Waals surface area contributed by atoms with E-state index in [0.29, 0.717) is 6.42 Å². The maximum absolute atomic E-state index is 14.1. The number of anilines is 1. The number of nitrogens with zero attached hydrogens (tertiary/aromatic N) is 5. The fraction of sp³-hybridized carbons (Fsp3) is 0.519. The molecule has 1 saturated heterocycles. The second-order valence-corrected chi connectivity index (χ2v) is 11.3. The SMILES string of the molecule is [C-]#[N+][C@@H]1C[C@@]2(CN1C(=O)[C@H](CC(C)(C)C)N(C)C(=O)[C@H](C)c1cnn(C)c1)C(=O)Nc1ccccc12. The van der Waals surface area contributed by atoms with Gasteiger partial charge >= 0.3 is 6.17 Å². The van der Waals surface area contributed by atoms with Gasteiger partial charge in [-0.05, 0) is 30.4 Å². The summed E-state index contributed by atoms with van der Waals surface area (Å²) in [6, 6.07) is 6.68. The minimum absolute atomic E-state index is 0.114. The summed E-state index contributed by atoms with van der Waals surface area (Å²) in [5.74, 6) is -1.15. The van der Waals surface area contributed by atoms with Crippen LogP contribution in [0.15, 0.2) is 36.7 Å². The molecule has 4 rings (SSSR count). The lowest BCUT2D eigenvalue weighted by molar-refractivity contribution is -0.146. The molecule has 1 spiro atoms. The van der Waals surface area contributed by atoms with Crippen molar-refractivity contribution in [3.63, 3.8) is 0 Å². The first-order valence-electron chi connectivity index (χ1n) is 12.2. The van der Waals surface area contributed by atoms with Crippen molar-refractivity contribution < 1.29 is 14.4 Å². The molecule has 0 unspecified atom stereocenters. The highest BCUT2D eigenvalue weighted by molar-refractivity contribution is 6.07. The number of amides is 3. The molecule has 3 heterocycles. The van der Waals surface area contributed by atoms with Gasteiger partial charge in [-0.1, -0.05) is 39.0 Å². The summed E-state index contributed by atoms with van der Waals surface area (Å²) >= 11 is 0. The lowest BCUT2D eigenvalue weighted by Gasteiger charge is -2.36. The number of carbonyl (C=O) groups excluding carboxylic acids is 3. The zero-order valence-electron chi connectivity index (χ0n) is 21.8. The third kappa shape index (κ3) is 4.36. The second-order valence-electron chi connectivity index (χ2n) is 11.3. The molecule has 1 N–H and O–H groups in total. The molecule has 2 aromatic rings. The number of carbonyl (C=O) groups is 3. The number of fused-ring (bicyclic) bond motifs is 2. The highest BCUT2D eigenvalue weighted by Crippen LogP contribution is 2.47. The molecule has 9 heteroatoms. The van der Waals surface area contributed by atoms with E-state index in [1.165, 1.54) is 9.80 Å². The number of aromatic nitrogens is 2. The molecular formula is C27H34N6O3. The Hall–Kier alpha value is -3.67. The zero-order valence-corrected chi connectivity index (χ0v) is 21.8. The van der Waals surface area contributed by atoms with Crippen molar-refractivity contribution in [2.45, 2.75) is 64.1 Å². The van der Waals surface area contributed by atoms with E-state index in [-0.39, 0.29) is 36.1 Å². The summed E-state index contributed by atoms with van der Waals surface area (Å²) in [5.41, 5.74) is 1.11. The van der Waals surface area contributed by atoms with Crippen LogP contribution in [0.1, 0.15) is 57.6 Å². The van der Waals surface area contributed by atoms with Gasteiger partial charge in [0, 0.05) is 38.1 Å². The van der Waals surface area contributed by atoms with Crippen molar-refractivity contribution in [3.8, 4) is 0 Å². The predicted molar refractivity (Wildman–Crippen MR) is 136 cm³/mol. The second kappa shape index (κ2) is 9.08. The Balaban J connectivity index is 1.65. The highest BCUT2D eigenvalue weighted by atomic mass is 16.2. The van der Waals surface area contributed by atoms with Crippen LogP contribution in [-0.2, 0) is 26.8 Å². The number of hydrogen-bond donors (Lipinski definition) is 1. The topological polar surface area (TPSA) is 91.9 Å². The van der Waals surface area contributed by atoms with Crippen molar-refractivity contribution in [3.05, 3.63) is 59.2 Å². The van der Waals surface area contributed by atoms with E-state index in [2.05, 4.69) is 15.3 Å².